The van der Waals surface area contributed by atoms with Crippen LogP contribution in [-0.2, 0) is 39.7 Å². The highest BCUT2D eigenvalue weighted by atomic mass is 16.8. The van der Waals surface area contributed by atoms with Crippen molar-refractivity contribution in [2.75, 3.05) is 11.9 Å². The lowest BCUT2D eigenvalue weighted by molar-refractivity contribution is -0.239. The van der Waals surface area contributed by atoms with Crippen molar-refractivity contribution in [3.63, 3.8) is 0 Å². The Morgan fingerprint density at radius 1 is 1.18 bits per heavy atom. The molecule has 2 aromatic rings. The first-order chi connectivity index (χ1) is 21.5. The summed E-state index contributed by atoms with van der Waals surface area (Å²) in [6.45, 7) is 5.12. The molecule has 3 aliphatic heterocycles. The Balaban J connectivity index is 1.33. The second-order valence-electron chi connectivity index (χ2n) is 11.9. The van der Waals surface area contributed by atoms with Crippen LogP contribution in [0, 0.1) is 5.92 Å². The van der Waals surface area contributed by atoms with Gasteiger partial charge in [0.2, 0.25) is 12.2 Å². The number of primary amides is 1. The number of aromatic nitrogens is 2. The van der Waals surface area contributed by atoms with Crippen LogP contribution in [0.15, 0.2) is 58.0 Å². The van der Waals surface area contributed by atoms with Gasteiger partial charge in [-0.3, -0.25) is 23.9 Å². The second kappa shape index (κ2) is 13.7. The zero-order chi connectivity index (χ0) is 32.3. The number of aryl methyl sites for hydroxylation is 1. The summed E-state index contributed by atoms with van der Waals surface area (Å²) in [5.74, 6) is -3.34. The fourth-order valence-electron chi connectivity index (χ4n) is 5.82. The minimum absolute atomic E-state index is 0.110. The molecule has 2 saturated heterocycles. The number of benzene rings is 1. The predicted molar refractivity (Wildman–Crippen MR) is 160 cm³/mol. The number of carbonyl (C=O) groups excluding carboxylic acids is 2. The van der Waals surface area contributed by atoms with E-state index in [1.807, 2.05) is 24.3 Å². The lowest BCUT2D eigenvalue weighted by Crippen LogP contribution is -2.52. The van der Waals surface area contributed by atoms with Crippen molar-refractivity contribution in [3.8, 4) is 0 Å². The monoisotopic (exact) mass is 628 g/mol. The Labute approximate surface area is 259 Å². The van der Waals surface area contributed by atoms with Gasteiger partial charge >= 0.3 is 5.69 Å². The summed E-state index contributed by atoms with van der Waals surface area (Å²) in [6.07, 6.45) is 0.721. The van der Waals surface area contributed by atoms with Gasteiger partial charge in [-0.15, -0.1) is 0 Å². The minimum atomic E-state index is -1.48. The molecule has 3 aliphatic rings. The third-order valence-corrected chi connectivity index (χ3v) is 8.03. The number of nitrogens with two attached hydrogens (primary N) is 1. The van der Waals surface area contributed by atoms with E-state index < -0.39 is 78.3 Å². The molecule has 0 bridgehead atoms. The maximum atomic E-state index is 13.3. The third kappa shape index (κ3) is 7.53. The van der Waals surface area contributed by atoms with Gasteiger partial charge in [-0.25, -0.2) is 4.79 Å². The van der Waals surface area contributed by atoms with Crippen LogP contribution >= 0.6 is 0 Å². The molecule has 0 spiro atoms. The second-order valence-corrected chi connectivity index (χ2v) is 11.9. The first-order valence-corrected chi connectivity index (χ1v) is 15.1. The van der Waals surface area contributed by atoms with Crippen molar-refractivity contribution in [1.29, 1.82) is 0 Å². The van der Waals surface area contributed by atoms with E-state index in [4.69, 9.17) is 29.4 Å². The molecule has 0 radical (unpaired) electrons. The Kier molecular flexibility index (Phi) is 9.89. The molecule has 45 heavy (non-hydrogen) atoms. The van der Waals surface area contributed by atoms with Crippen molar-refractivity contribution in [1.82, 2.24) is 9.55 Å². The Morgan fingerprint density at radius 2 is 1.93 bits per heavy atom. The van der Waals surface area contributed by atoms with Gasteiger partial charge in [0.15, 0.2) is 23.8 Å². The number of aliphatic hydroxyl groups excluding tert-OH is 1. The van der Waals surface area contributed by atoms with Gasteiger partial charge < -0.3 is 39.8 Å². The van der Waals surface area contributed by atoms with Gasteiger partial charge in [-0.05, 0) is 50.5 Å². The van der Waals surface area contributed by atoms with E-state index in [2.05, 4.69) is 17.2 Å². The number of hydrogen-bond donors (Lipinski definition) is 4. The molecule has 5 rings (SSSR count). The van der Waals surface area contributed by atoms with Crippen LogP contribution in [0.4, 0.5) is 5.69 Å². The highest BCUT2D eigenvalue weighted by Crippen LogP contribution is 2.39. The molecule has 2 amide bonds. The van der Waals surface area contributed by atoms with E-state index >= 15 is 0 Å². The number of nitrogens with zero attached hydrogens (tertiary/aromatic N) is 1. The van der Waals surface area contributed by atoms with E-state index in [1.165, 1.54) is 17.8 Å². The van der Waals surface area contributed by atoms with Gasteiger partial charge in [0.1, 0.15) is 18.4 Å². The predicted octanol–water partition coefficient (Wildman–Crippen LogP) is 1.43. The van der Waals surface area contributed by atoms with E-state index in [0.29, 0.717) is 5.69 Å². The number of carbonyl (C=O) groups is 2. The summed E-state index contributed by atoms with van der Waals surface area (Å²) in [5, 5.41) is 12.9. The summed E-state index contributed by atoms with van der Waals surface area (Å²) in [6, 6.07) is 8.72. The molecule has 14 heteroatoms. The number of nitrogens with one attached hydrogen (secondary N) is 2. The van der Waals surface area contributed by atoms with Crippen LogP contribution in [0.25, 0.3) is 0 Å². The number of unbranched alkanes of at least 4 members (excludes halogenated alkanes) is 2. The fraction of sp³-hybridized carbons (Fsp3) is 0.548. The van der Waals surface area contributed by atoms with Crippen LogP contribution in [0.2, 0.25) is 0 Å². The Hall–Kier alpha value is -3.82. The van der Waals surface area contributed by atoms with Crippen molar-refractivity contribution >= 4 is 17.5 Å². The smallest absolute Gasteiger partial charge is 0.330 e. The number of ether oxygens (including phenoxy) is 5. The first kappa shape index (κ1) is 32.6. The lowest BCUT2D eigenvalue weighted by Gasteiger charge is -2.35. The average Bonchev–Trinajstić information content (AvgIpc) is 3.55. The van der Waals surface area contributed by atoms with Crippen LogP contribution in [0.1, 0.15) is 58.2 Å². The maximum Gasteiger partial charge on any atom is 0.330 e. The van der Waals surface area contributed by atoms with E-state index in [0.717, 1.165) is 36.3 Å². The summed E-state index contributed by atoms with van der Waals surface area (Å²) < 4.78 is 31.2. The summed E-state index contributed by atoms with van der Waals surface area (Å²) in [4.78, 5) is 52.2. The number of amides is 2. The molecule has 244 valence electrons. The largest absolute Gasteiger partial charge is 0.456 e. The number of fused-ring (bicyclic) bond motifs is 1. The molecule has 7 atom stereocenters. The van der Waals surface area contributed by atoms with Gasteiger partial charge in [0.05, 0.1) is 0 Å². The van der Waals surface area contributed by atoms with Crippen molar-refractivity contribution in [2.24, 2.45) is 11.7 Å². The maximum absolute atomic E-state index is 13.3. The average molecular weight is 629 g/mol. The standard InChI is InChI=1S/C31H40N4O10/c1-4-5-6-7-17-8-10-19(11-9-17)33-28(39)21-15-20-25(45-31(2,3)44-20)29(41-21)43-26(27(32)38)24-18(16-36)14-23(42-24)35-13-12-22(37)34-30(35)40/h8-13,15,18,20,23-26,29,36H,4-7,14,16H2,1-3H3,(H2,32,38)(H,33,39)(H,34,37,40)/t18-,20+,23-,24+,25+,26-,29-/m1/s1. The quantitative estimate of drug-likeness (QED) is 0.250. The van der Waals surface area contributed by atoms with E-state index in [9.17, 15) is 24.3 Å². The van der Waals surface area contributed by atoms with Crippen molar-refractivity contribution in [3.05, 3.63) is 74.8 Å². The number of aliphatic hydroxyl groups is 1. The number of aromatic amines is 1. The van der Waals surface area contributed by atoms with Crippen molar-refractivity contribution < 1.29 is 38.4 Å². The van der Waals surface area contributed by atoms with Crippen LogP contribution in [0.5, 0.6) is 0 Å². The molecule has 0 saturated carbocycles. The summed E-state index contributed by atoms with van der Waals surface area (Å²) in [5.41, 5.74) is 6.20. The first-order valence-electron chi connectivity index (χ1n) is 15.1. The van der Waals surface area contributed by atoms with Gasteiger partial charge in [0.25, 0.3) is 11.5 Å². The van der Waals surface area contributed by atoms with Crippen LogP contribution in [-0.4, -0.2) is 69.6 Å². The van der Waals surface area contributed by atoms with Gasteiger partial charge in [-0.1, -0.05) is 31.9 Å². The minimum Gasteiger partial charge on any atom is -0.456 e. The summed E-state index contributed by atoms with van der Waals surface area (Å²) in [7, 11) is 0. The molecule has 0 unspecified atom stereocenters. The fourth-order valence-corrected chi connectivity index (χ4v) is 5.82. The van der Waals surface area contributed by atoms with E-state index in [1.54, 1.807) is 13.8 Å². The Bertz CT molecular complexity index is 1520. The normalized spacial score (nSPS) is 27.7. The zero-order valence-electron chi connectivity index (χ0n) is 25.5. The Morgan fingerprint density at radius 3 is 2.60 bits per heavy atom. The molecular formula is C31H40N4O10. The zero-order valence-corrected chi connectivity index (χ0v) is 25.5. The van der Waals surface area contributed by atoms with Crippen LogP contribution < -0.4 is 22.3 Å². The topological polar surface area (TPSA) is 193 Å². The highest BCUT2D eigenvalue weighted by Gasteiger charge is 2.52. The van der Waals surface area contributed by atoms with E-state index in [-0.39, 0.29) is 12.2 Å². The molecule has 4 heterocycles. The van der Waals surface area contributed by atoms with Crippen molar-refractivity contribution in [2.45, 2.75) is 95.6 Å². The van der Waals surface area contributed by atoms with Gasteiger partial charge in [0, 0.05) is 36.9 Å². The molecule has 2 fully saturated rings. The molecule has 1 aromatic heterocycles. The lowest BCUT2D eigenvalue weighted by atomic mass is 9.97. The summed E-state index contributed by atoms with van der Waals surface area (Å²) >= 11 is 0. The molecule has 14 nitrogen and oxygen atoms in total. The highest BCUT2D eigenvalue weighted by molar-refractivity contribution is 6.02. The number of rotatable bonds is 12. The molecular weight excluding hydrogens is 588 g/mol. The molecule has 5 N–H and O–H groups in total. The number of anilines is 1. The molecule has 0 aliphatic carbocycles. The third-order valence-electron chi connectivity index (χ3n) is 8.03. The van der Waals surface area contributed by atoms with Crippen LogP contribution in [0.3, 0.4) is 0 Å². The van der Waals surface area contributed by atoms with Gasteiger partial charge in [-0.2, -0.15) is 0 Å². The number of hydrogen-bond acceptors (Lipinski definition) is 10. The molecule has 1 aromatic carbocycles. The SMILES string of the molecule is CCCCCc1ccc(NC(=O)C2=C[C@@H]3OC(C)(C)O[C@@H]3[C@@H](O[C@@H](C(N)=O)[C@H]3O[C@@H](n4ccc(=O)[nH]c4=O)C[C@@H]3CO)O2)cc1. The number of H-pyrrole nitrogens is 1.